The second-order valence-electron chi connectivity index (χ2n) is 3.39. The van der Waals surface area contributed by atoms with E-state index in [0.29, 0.717) is 13.2 Å². The van der Waals surface area contributed by atoms with E-state index in [1.807, 2.05) is 13.8 Å². The Bertz CT molecular complexity index is 218. The van der Waals surface area contributed by atoms with Crippen molar-refractivity contribution in [2.24, 2.45) is 0 Å². The van der Waals surface area contributed by atoms with Crippen molar-refractivity contribution in [2.45, 2.75) is 20.0 Å². The molecule has 2 amide bonds. The molecule has 2 N–H and O–H groups in total. The van der Waals surface area contributed by atoms with Gasteiger partial charge in [0, 0.05) is 13.6 Å². The Labute approximate surface area is 89.2 Å². The Balaban J connectivity index is 3.64. The molecule has 0 aromatic rings. The van der Waals surface area contributed by atoms with Gasteiger partial charge in [0.2, 0.25) is 0 Å². The summed E-state index contributed by atoms with van der Waals surface area (Å²) in [5, 5.41) is 10.6. The molecule has 0 aliphatic rings. The maximum absolute atomic E-state index is 11.2. The first kappa shape index (κ1) is 13.7. The fourth-order valence-corrected chi connectivity index (χ4v) is 0.813. The molecule has 0 saturated carbocycles. The lowest BCUT2D eigenvalue weighted by Crippen LogP contribution is -2.41. The van der Waals surface area contributed by atoms with Gasteiger partial charge in [-0.2, -0.15) is 0 Å². The molecule has 6 nitrogen and oxygen atoms in total. The molecular formula is C9H18N2O4. The summed E-state index contributed by atoms with van der Waals surface area (Å²) >= 11 is 0. The highest BCUT2D eigenvalue weighted by Crippen LogP contribution is 1.89. The van der Waals surface area contributed by atoms with E-state index in [1.165, 1.54) is 4.90 Å². The lowest BCUT2D eigenvalue weighted by molar-refractivity contribution is -0.135. The zero-order chi connectivity index (χ0) is 11.8. The first-order chi connectivity index (χ1) is 6.93. The van der Waals surface area contributed by atoms with E-state index in [1.54, 1.807) is 7.05 Å². The number of nitrogens with zero attached hydrogens (tertiary/aromatic N) is 1. The summed E-state index contributed by atoms with van der Waals surface area (Å²) in [6.07, 6.45) is 0.125. The quantitative estimate of drug-likeness (QED) is 0.664. The van der Waals surface area contributed by atoms with E-state index in [-0.39, 0.29) is 12.6 Å². The largest absolute Gasteiger partial charge is 0.480 e. The number of likely N-dealkylation sites (N-methyl/N-ethyl adjacent to an activating group) is 1. The van der Waals surface area contributed by atoms with Gasteiger partial charge in [-0.1, -0.05) is 0 Å². The second kappa shape index (κ2) is 7.05. The summed E-state index contributed by atoms with van der Waals surface area (Å²) in [6, 6.07) is -0.412. The van der Waals surface area contributed by atoms with Crippen LogP contribution in [-0.4, -0.2) is 54.9 Å². The van der Waals surface area contributed by atoms with E-state index in [4.69, 9.17) is 9.84 Å². The van der Waals surface area contributed by atoms with Crippen LogP contribution in [0.1, 0.15) is 13.8 Å². The molecule has 0 aliphatic heterocycles. The lowest BCUT2D eigenvalue weighted by Gasteiger charge is -2.18. The minimum absolute atomic E-state index is 0.125. The standard InChI is InChI=1S/C9H18N2O4/c1-7(2)15-5-4-11(3)9(14)10-6-8(12)13/h7H,4-6H2,1-3H3,(H,10,14)(H,12,13). The van der Waals surface area contributed by atoms with Gasteiger partial charge in [0.1, 0.15) is 6.54 Å². The molecule has 0 unspecified atom stereocenters. The Kier molecular flexibility index (Phi) is 6.44. The van der Waals surface area contributed by atoms with Crippen molar-refractivity contribution < 1.29 is 19.4 Å². The third-order valence-electron chi connectivity index (χ3n) is 1.62. The Morgan fingerprint density at radius 1 is 1.47 bits per heavy atom. The molecule has 15 heavy (non-hydrogen) atoms. The number of carboxylic acids is 1. The zero-order valence-corrected chi connectivity index (χ0v) is 9.32. The smallest absolute Gasteiger partial charge is 0.323 e. The fourth-order valence-electron chi connectivity index (χ4n) is 0.813. The van der Waals surface area contributed by atoms with Crippen LogP contribution in [0, 0.1) is 0 Å². The second-order valence-corrected chi connectivity index (χ2v) is 3.39. The topological polar surface area (TPSA) is 78.9 Å². The molecule has 0 heterocycles. The van der Waals surface area contributed by atoms with E-state index in [0.717, 1.165) is 0 Å². The predicted molar refractivity (Wildman–Crippen MR) is 54.8 cm³/mol. The minimum Gasteiger partial charge on any atom is -0.480 e. The molecule has 6 heteroatoms. The van der Waals surface area contributed by atoms with Crippen molar-refractivity contribution in [1.82, 2.24) is 10.2 Å². The van der Waals surface area contributed by atoms with Gasteiger partial charge in [0.15, 0.2) is 0 Å². The van der Waals surface area contributed by atoms with Crippen LogP contribution < -0.4 is 5.32 Å². The summed E-state index contributed by atoms with van der Waals surface area (Å²) in [5.41, 5.74) is 0. The van der Waals surface area contributed by atoms with Gasteiger partial charge in [-0.15, -0.1) is 0 Å². The summed E-state index contributed by atoms with van der Waals surface area (Å²) in [4.78, 5) is 22.8. The van der Waals surface area contributed by atoms with Crippen LogP contribution >= 0.6 is 0 Å². The maximum Gasteiger partial charge on any atom is 0.323 e. The van der Waals surface area contributed by atoms with Crippen molar-refractivity contribution in [1.29, 1.82) is 0 Å². The molecule has 0 bridgehead atoms. The van der Waals surface area contributed by atoms with Crippen LogP contribution in [0.2, 0.25) is 0 Å². The number of carbonyl (C=O) groups is 2. The van der Waals surface area contributed by atoms with E-state index in [2.05, 4.69) is 5.32 Å². The molecule has 0 aromatic carbocycles. The van der Waals surface area contributed by atoms with Crippen LogP contribution in [0.3, 0.4) is 0 Å². The lowest BCUT2D eigenvalue weighted by atomic mass is 10.5. The summed E-state index contributed by atoms with van der Waals surface area (Å²) in [5.74, 6) is -1.06. The van der Waals surface area contributed by atoms with Crippen molar-refractivity contribution in [2.75, 3.05) is 26.7 Å². The minimum atomic E-state index is -1.06. The van der Waals surface area contributed by atoms with Gasteiger partial charge >= 0.3 is 12.0 Å². The summed E-state index contributed by atoms with van der Waals surface area (Å²) < 4.78 is 5.25. The Morgan fingerprint density at radius 3 is 2.53 bits per heavy atom. The molecule has 0 spiro atoms. The zero-order valence-electron chi connectivity index (χ0n) is 9.32. The third-order valence-corrected chi connectivity index (χ3v) is 1.62. The average molecular weight is 218 g/mol. The Hall–Kier alpha value is -1.30. The number of carbonyl (C=O) groups excluding carboxylic acids is 1. The number of ether oxygens (including phenoxy) is 1. The van der Waals surface area contributed by atoms with E-state index in [9.17, 15) is 9.59 Å². The molecule has 0 aromatic heterocycles. The van der Waals surface area contributed by atoms with Gasteiger partial charge in [-0.3, -0.25) is 4.79 Å². The number of aliphatic carboxylic acids is 1. The Morgan fingerprint density at radius 2 is 2.07 bits per heavy atom. The summed E-state index contributed by atoms with van der Waals surface area (Å²) in [7, 11) is 1.58. The van der Waals surface area contributed by atoms with Crippen LogP contribution in [0.15, 0.2) is 0 Å². The number of hydrogen-bond acceptors (Lipinski definition) is 3. The van der Waals surface area contributed by atoms with Crippen molar-refractivity contribution in [3.05, 3.63) is 0 Å². The van der Waals surface area contributed by atoms with Crippen LogP contribution in [0.5, 0.6) is 0 Å². The molecule has 0 atom stereocenters. The number of rotatable bonds is 6. The number of urea groups is 1. The van der Waals surface area contributed by atoms with Crippen molar-refractivity contribution >= 4 is 12.0 Å². The molecule has 88 valence electrons. The molecule has 0 rings (SSSR count). The first-order valence-electron chi connectivity index (χ1n) is 4.76. The van der Waals surface area contributed by atoms with Gasteiger partial charge < -0.3 is 20.1 Å². The molecule has 0 aliphatic carbocycles. The van der Waals surface area contributed by atoms with Gasteiger partial charge in [-0.25, -0.2) is 4.79 Å². The molecule has 0 fully saturated rings. The van der Waals surface area contributed by atoms with Crippen molar-refractivity contribution in [3.8, 4) is 0 Å². The monoisotopic (exact) mass is 218 g/mol. The number of carboxylic acid groups (broad SMARTS) is 1. The highest BCUT2D eigenvalue weighted by atomic mass is 16.5. The van der Waals surface area contributed by atoms with Gasteiger partial charge in [0.05, 0.1) is 12.7 Å². The normalized spacial score (nSPS) is 10.1. The van der Waals surface area contributed by atoms with Crippen LogP contribution in [0.25, 0.3) is 0 Å². The van der Waals surface area contributed by atoms with Gasteiger partial charge in [0.25, 0.3) is 0 Å². The molecule has 0 saturated heterocycles. The van der Waals surface area contributed by atoms with E-state index < -0.39 is 12.0 Å². The average Bonchev–Trinajstić information content (AvgIpc) is 2.13. The van der Waals surface area contributed by atoms with Crippen molar-refractivity contribution in [3.63, 3.8) is 0 Å². The fraction of sp³-hybridized carbons (Fsp3) is 0.778. The number of hydrogen-bond donors (Lipinski definition) is 2. The van der Waals surface area contributed by atoms with E-state index >= 15 is 0 Å². The molecular weight excluding hydrogens is 200 g/mol. The first-order valence-corrected chi connectivity index (χ1v) is 4.76. The number of nitrogens with one attached hydrogen (secondary N) is 1. The van der Waals surface area contributed by atoms with Crippen LogP contribution in [-0.2, 0) is 9.53 Å². The van der Waals surface area contributed by atoms with Gasteiger partial charge in [-0.05, 0) is 13.8 Å². The highest BCUT2D eigenvalue weighted by Gasteiger charge is 2.09. The molecule has 0 radical (unpaired) electrons. The SMILES string of the molecule is CC(C)OCCN(C)C(=O)NCC(=O)O. The highest BCUT2D eigenvalue weighted by molar-refractivity contribution is 5.79. The predicted octanol–water partition coefficient (Wildman–Crippen LogP) is 0.137. The maximum atomic E-state index is 11.2. The van der Waals surface area contributed by atoms with Crippen LogP contribution in [0.4, 0.5) is 4.79 Å². The summed E-state index contributed by atoms with van der Waals surface area (Å²) in [6.45, 7) is 4.32. The third kappa shape index (κ3) is 7.75. The number of amides is 2.